The molecule has 5 heteroatoms. The first-order chi connectivity index (χ1) is 11.1. The zero-order valence-electron chi connectivity index (χ0n) is 13.3. The molecule has 4 nitrogen and oxygen atoms in total. The number of rotatable bonds is 4. The summed E-state index contributed by atoms with van der Waals surface area (Å²) in [5, 5.41) is 19.7. The molecule has 0 fully saturated rings. The van der Waals surface area contributed by atoms with Crippen molar-refractivity contribution in [3.05, 3.63) is 33.7 Å². The lowest BCUT2D eigenvalue weighted by atomic mass is 9.87. The fourth-order valence-corrected chi connectivity index (χ4v) is 4.82. The van der Waals surface area contributed by atoms with Crippen molar-refractivity contribution in [3.8, 4) is 6.07 Å². The van der Waals surface area contributed by atoms with E-state index in [2.05, 4.69) is 13.0 Å². The smallest absolute Gasteiger partial charge is 0.304 e. The summed E-state index contributed by atoms with van der Waals surface area (Å²) in [7, 11) is 0. The summed E-state index contributed by atoms with van der Waals surface area (Å²) >= 11 is 1.67. The summed E-state index contributed by atoms with van der Waals surface area (Å²) in [4.78, 5) is 12.4. The molecule has 0 radical (unpaired) electrons. The normalized spacial score (nSPS) is 20.2. The molecule has 0 saturated heterocycles. The molecule has 0 aliphatic carbocycles. The summed E-state index contributed by atoms with van der Waals surface area (Å²) in [6.45, 7) is 4.56. The molecule has 1 unspecified atom stereocenters. The van der Waals surface area contributed by atoms with Gasteiger partial charge in [0.25, 0.3) is 0 Å². The van der Waals surface area contributed by atoms with Crippen LogP contribution in [0.25, 0.3) is 10.1 Å². The van der Waals surface area contributed by atoms with Gasteiger partial charge in [-0.3, -0.25) is 4.79 Å². The van der Waals surface area contributed by atoms with Crippen molar-refractivity contribution in [2.75, 3.05) is 6.61 Å². The molecule has 1 aromatic heterocycles. The average molecular weight is 329 g/mol. The van der Waals surface area contributed by atoms with Gasteiger partial charge in [0.1, 0.15) is 0 Å². The van der Waals surface area contributed by atoms with Crippen molar-refractivity contribution >= 4 is 27.4 Å². The monoisotopic (exact) mass is 329 g/mol. The van der Waals surface area contributed by atoms with Crippen LogP contribution in [0.2, 0.25) is 0 Å². The van der Waals surface area contributed by atoms with Gasteiger partial charge in [-0.2, -0.15) is 5.26 Å². The maximum absolute atomic E-state index is 11.2. The minimum atomic E-state index is -0.830. The van der Waals surface area contributed by atoms with Gasteiger partial charge in [0.05, 0.1) is 30.8 Å². The Hall–Kier alpha value is -1.90. The summed E-state index contributed by atoms with van der Waals surface area (Å²) in [6, 6.07) is 6.08. The van der Waals surface area contributed by atoms with Crippen molar-refractivity contribution in [3.63, 3.8) is 0 Å². The van der Waals surface area contributed by atoms with Gasteiger partial charge in [0.2, 0.25) is 0 Å². The Kier molecular flexibility index (Phi) is 4.38. The third-order valence-corrected chi connectivity index (χ3v) is 5.83. The number of nitrogens with zero attached hydrogens (tertiary/aromatic N) is 1. The van der Waals surface area contributed by atoms with Gasteiger partial charge in [-0.1, -0.05) is 19.4 Å². The third kappa shape index (κ3) is 2.73. The SMILES string of the molecule is CCC[C@H]1OCC(CC(=O)O)c2c1sc1c(C)ccc(C#N)c21. The second-order valence-corrected chi connectivity index (χ2v) is 7.08. The number of ether oxygens (including phenoxy) is 1. The van der Waals surface area contributed by atoms with Gasteiger partial charge in [-0.25, -0.2) is 0 Å². The van der Waals surface area contributed by atoms with Gasteiger partial charge in [0, 0.05) is 20.9 Å². The Morgan fingerprint density at radius 3 is 2.96 bits per heavy atom. The largest absolute Gasteiger partial charge is 0.481 e. The first-order valence-corrected chi connectivity index (χ1v) is 8.67. The zero-order valence-corrected chi connectivity index (χ0v) is 14.1. The highest BCUT2D eigenvalue weighted by Gasteiger charge is 2.34. The lowest BCUT2D eigenvalue weighted by Gasteiger charge is -2.29. The summed E-state index contributed by atoms with van der Waals surface area (Å²) in [5.41, 5.74) is 2.80. The third-order valence-electron chi connectivity index (χ3n) is 4.39. The fourth-order valence-electron chi connectivity index (χ4n) is 3.35. The van der Waals surface area contributed by atoms with Crippen LogP contribution in [0.4, 0.5) is 0 Å². The number of aryl methyl sites for hydroxylation is 1. The van der Waals surface area contributed by atoms with Crippen molar-refractivity contribution in [2.24, 2.45) is 0 Å². The first-order valence-electron chi connectivity index (χ1n) is 7.86. The Bertz CT molecular complexity index is 803. The Labute approximate surface area is 139 Å². The molecule has 0 saturated carbocycles. The van der Waals surface area contributed by atoms with E-state index in [0.717, 1.165) is 38.9 Å². The maximum Gasteiger partial charge on any atom is 0.304 e. The molecule has 0 bridgehead atoms. The number of hydrogen-bond donors (Lipinski definition) is 1. The van der Waals surface area contributed by atoms with Crippen molar-refractivity contribution < 1.29 is 14.6 Å². The van der Waals surface area contributed by atoms with E-state index in [1.165, 1.54) is 0 Å². The first kappa shape index (κ1) is 16.0. The lowest BCUT2D eigenvalue weighted by molar-refractivity contribution is -0.138. The number of hydrogen-bond acceptors (Lipinski definition) is 4. The number of benzene rings is 1. The number of thiophene rings is 1. The molecule has 1 aliphatic rings. The molecule has 2 aromatic rings. The number of aliphatic carboxylic acids is 1. The molecule has 120 valence electrons. The van der Waals surface area contributed by atoms with Crippen LogP contribution >= 0.6 is 11.3 Å². The van der Waals surface area contributed by atoms with Crippen LogP contribution in [-0.2, 0) is 9.53 Å². The van der Waals surface area contributed by atoms with Crippen LogP contribution in [0.1, 0.15) is 59.8 Å². The molecule has 0 spiro atoms. The van der Waals surface area contributed by atoms with E-state index in [9.17, 15) is 15.2 Å². The predicted octanol–water partition coefficient (Wildman–Crippen LogP) is 4.51. The van der Waals surface area contributed by atoms with Gasteiger partial charge >= 0.3 is 5.97 Å². The van der Waals surface area contributed by atoms with E-state index in [0.29, 0.717) is 12.2 Å². The van der Waals surface area contributed by atoms with Crippen LogP contribution in [-0.4, -0.2) is 17.7 Å². The minimum absolute atomic E-state index is 0.0170. The Balaban J connectivity index is 2.27. The molecule has 3 rings (SSSR count). The number of carboxylic acids is 1. The minimum Gasteiger partial charge on any atom is -0.481 e. The van der Waals surface area contributed by atoms with Crippen LogP contribution in [0, 0.1) is 18.3 Å². The molecule has 1 aromatic carbocycles. The fraction of sp³-hybridized carbons (Fsp3) is 0.444. The molecular weight excluding hydrogens is 310 g/mol. The van der Waals surface area contributed by atoms with Crippen molar-refractivity contribution in [1.29, 1.82) is 5.26 Å². The number of fused-ring (bicyclic) bond motifs is 3. The molecular formula is C18H19NO3S. The summed E-state index contributed by atoms with van der Waals surface area (Å²) < 4.78 is 7.06. The second kappa shape index (κ2) is 6.31. The van der Waals surface area contributed by atoms with E-state index >= 15 is 0 Å². The second-order valence-electron chi connectivity index (χ2n) is 6.03. The number of carbonyl (C=O) groups is 1. The van der Waals surface area contributed by atoms with E-state index in [4.69, 9.17) is 4.74 Å². The quantitative estimate of drug-likeness (QED) is 0.896. The maximum atomic E-state index is 11.2. The average Bonchev–Trinajstić information content (AvgIpc) is 2.92. The Morgan fingerprint density at radius 2 is 2.30 bits per heavy atom. The van der Waals surface area contributed by atoms with Gasteiger partial charge in [0.15, 0.2) is 0 Å². The highest BCUT2D eigenvalue weighted by molar-refractivity contribution is 7.19. The van der Waals surface area contributed by atoms with Crippen LogP contribution in [0.5, 0.6) is 0 Å². The van der Waals surface area contributed by atoms with Crippen LogP contribution < -0.4 is 0 Å². The van der Waals surface area contributed by atoms with E-state index in [-0.39, 0.29) is 18.4 Å². The number of nitriles is 1. The standard InChI is InChI=1S/C18H19NO3S/c1-3-4-13-18-16(12(9-22-13)7-14(20)21)15-11(8-19)6-5-10(2)17(15)23-18/h5-6,12-13H,3-4,7,9H2,1-2H3,(H,20,21)/t12?,13-/m1/s1. The Morgan fingerprint density at radius 1 is 1.52 bits per heavy atom. The van der Waals surface area contributed by atoms with Crippen molar-refractivity contribution in [2.45, 2.75) is 45.1 Å². The highest BCUT2D eigenvalue weighted by Crippen LogP contribution is 2.48. The van der Waals surface area contributed by atoms with E-state index in [1.807, 2.05) is 19.1 Å². The number of carboxylic acid groups (broad SMARTS) is 1. The zero-order chi connectivity index (χ0) is 16.6. The molecule has 1 aliphatic heterocycles. The van der Waals surface area contributed by atoms with Crippen LogP contribution in [0.3, 0.4) is 0 Å². The summed E-state index contributed by atoms with van der Waals surface area (Å²) in [5.74, 6) is -1.01. The lowest BCUT2D eigenvalue weighted by Crippen LogP contribution is -2.22. The molecule has 1 N–H and O–H groups in total. The van der Waals surface area contributed by atoms with E-state index < -0.39 is 5.97 Å². The van der Waals surface area contributed by atoms with Gasteiger partial charge < -0.3 is 9.84 Å². The predicted molar refractivity (Wildman–Crippen MR) is 89.9 cm³/mol. The molecule has 2 heterocycles. The highest BCUT2D eigenvalue weighted by atomic mass is 32.1. The van der Waals surface area contributed by atoms with Crippen LogP contribution in [0.15, 0.2) is 12.1 Å². The van der Waals surface area contributed by atoms with E-state index in [1.54, 1.807) is 11.3 Å². The van der Waals surface area contributed by atoms with Gasteiger partial charge in [-0.05, 0) is 30.5 Å². The van der Waals surface area contributed by atoms with Gasteiger partial charge in [-0.15, -0.1) is 11.3 Å². The molecule has 0 amide bonds. The topological polar surface area (TPSA) is 70.3 Å². The molecule has 23 heavy (non-hydrogen) atoms. The van der Waals surface area contributed by atoms with Crippen molar-refractivity contribution in [1.82, 2.24) is 0 Å². The molecule has 2 atom stereocenters. The summed E-state index contributed by atoms with van der Waals surface area (Å²) in [6.07, 6.45) is 1.98.